The quantitative estimate of drug-likeness (QED) is 0.481. The number of benzene rings is 1. The molecule has 1 unspecified atom stereocenters. The average Bonchev–Trinajstić information content (AvgIpc) is 2.30. The highest BCUT2D eigenvalue weighted by Crippen LogP contribution is 2.37. The molecule has 1 atom stereocenters. The Morgan fingerprint density at radius 1 is 1.19 bits per heavy atom. The maximum atomic E-state index is 8.79. The van der Waals surface area contributed by atoms with Gasteiger partial charge in [0.2, 0.25) is 0 Å². The summed E-state index contributed by atoms with van der Waals surface area (Å²) in [5, 5.41) is 9.53. The maximum Gasteiger partial charge on any atom is 0.0663 e. The summed E-state index contributed by atoms with van der Waals surface area (Å²) in [4.78, 5) is -0.258. The molecule has 0 saturated heterocycles. The number of unbranched alkanes of at least 4 members (excludes halogenated alkanes) is 1. The fraction of sp³-hybridized carbons (Fsp3) is 0.500. The molecule has 0 saturated carbocycles. The molecule has 1 aromatic rings. The normalized spacial score (nSPS) is 14.9. The van der Waals surface area contributed by atoms with Gasteiger partial charge in [0.1, 0.15) is 0 Å². The van der Waals surface area contributed by atoms with Crippen molar-refractivity contribution in [2.24, 2.45) is 0 Å². The summed E-state index contributed by atoms with van der Waals surface area (Å²) < 4.78 is 0. The van der Waals surface area contributed by atoms with Crippen LogP contribution in [0.25, 0.3) is 0 Å². The van der Waals surface area contributed by atoms with Crippen molar-refractivity contribution in [2.75, 3.05) is 6.61 Å². The third-order valence-electron chi connectivity index (χ3n) is 2.90. The third-order valence-corrected chi connectivity index (χ3v) is 5.48. The minimum Gasteiger partial charge on any atom is -0.396 e. The summed E-state index contributed by atoms with van der Waals surface area (Å²) in [6.45, 7) is 0.245. The summed E-state index contributed by atoms with van der Waals surface area (Å²) in [7, 11) is 1.07. The predicted molar refractivity (Wildman–Crippen MR) is 74.7 cm³/mol. The summed E-state index contributed by atoms with van der Waals surface area (Å²) in [5.74, 6) is 0. The number of alkyl halides is 1. The van der Waals surface area contributed by atoms with Crippen molar-refractivity contribution >= 4 is 33.4 Å². The second-order valence-corrected chi connectivity index (χ2v) is 5.87. The number of hydrogen-bond donors (Lipinski definition) is 1. The molecule has 0 aliphatic carbocycles. The van der Waals surface area contributed by atoms with Crippen molar-refractivity contribution in [1.29, 1.82) is 0 Å². The van der Waals surface area contributed by atoms with E-state index in [2.05, 4.69) is 0 Å². The highest BCUT2D eigenvalue weighted by Gasteiger charge is 2.26. The number of aliphatic hydroxyl groups excluding tert-OH is 1. The molecule has 0 aromatic heterocycles. The van der Waals surface area contributed by atoms with E-state index in [4.69, 9.17) is 28.3 Å². The van der Waals surface area contributed by atoms with Gasteiger partial charge < -0.3 is 5.11 Å². The van der Waals surface area contributed by atoms with Crippen molar-refractivity contribution in [2.45, 2.75) is 30.2 Å². The van der Waals surface area contributed by atoms with Gasteiger partial charge in [0.15, 0.2) is 0 Å². The predicted octanol–water partition coefficient (Wildman–Crippen LogP) is 2.72. The lowest BCUT2D eigenvalue weighted by atomic mass is 9.94. The van der Waals surface area contributed by atoms with E-state index in [1.165, 1.54) is 0 Å². The van der Waals surface area contributed by atoms with E-state index in [9.17, 15) is 0 Å². The Morgan fingerprint density at radius 2 is 1.81 bits per heavy atom. The van der Waals surface area contributed by atoms with Crippen LogP contribution in [-0.2, 0) is 4.87 Å². The molecule has 90 valence electrons. The van der Waals surface area contributed by atoms with E-state index >= 15 is 0 Å². The van der Waals surface area contributed by atoms with Gasteiger partial charge in [0.25, 0.3) is 0 Å². The number of aliphatic hydroxyl groups is 1. The molecule has 1 aromatic carbocycles. The Morgan fingerprint density at radius 3 is 2.31 bits per heavy atom. The van der Waals surface area contributed by atoms with Crippen LogP contribution >= 0.6 is 23.2 Å². The second kappa shape index (κ2) is 6.65. The topological polar surface area (TPSA) is 20.2 Å². The van der Waals surface area contributed by atoms with Crippen LogP contribution in [0.15, 0.2) is 24.3 Å². The van der Waals surface area contributed by atoms with Gasteiger partial charge in [-0.15, -0.1) is 11.6 Å². The first-order chi connectivity index (χ1) is 7.62. The summed E-state index contributed by atoms with van der Waals surface area (Å²) in [5.41, 5.74) is 1.14. The van der Waals surface area contributed by atoms with Crippen LogP contribution in [0.4, 0.5) is 0 Å². The van der Waals surface area contributed by atoms with Gasteiger partial charge in [-0.1, -0.05) is 23.7 Å². The van der Waals surface area contributed by atoms with E-state index in [1.807, 2.05) is 24.3 Å². The molecule has 0 aliphatic heterocycles. The molecule has 0 fully saturated rings. The lowest BCUT2D eigenvalue weighted by molar-refractivity contribution is 0.280. The standard InChI is InChI=1S/C12H18Cl2OSi/c13-11-5-3-10(4-6-11)12(14,9-16)7-1-2-8-15/h3-6,15H,1-2,7-9H2,16H3. The van der Waals surface area contributed by atoms with E-state index in [-0.39, 0.29) is 11.5 Å². The molecule has 1 rings (SSSR count). The molecule has 16 heavy (non-hydrogen) atoms. The Kier molecular flexibility index (Phi) is 5.83. The van der Waals surface area contributed by atoms with Gasteiger partial charge in [-0.3, -0.25) is 0 Å². The van der Waals surface area contributed by atoms with E-state index in [1.54, 1.807) is 0 Å². The summed E-state index contributed by atoms with van der Waals surface area (Å²) in [6.07, 6.45) is 2.70. The first-order valence-corrected chi connectivity index (χ1v) is 7.85. The highest BCUT2D eigenvalue weighted by atomic mass is 35.5. The molecule has 1 N–H and O–H groups in total. The minimum atomic E-state index is -0.258. The van der Waals surface area contributed by atoms with Gasteiger partial charge in [-0.05, 0) is 43.0 Å². The fourth-order valence-corrected chi connectivity index (χ4v) is 2.94. The van der Waals surface area contributed by atoms with Crippen molar-refractivity contribution in [3.8, 4) is 0 Å². The molecular formula is C12H18Cl2OSi. The molecule has 0 aliphatic rings. The molecule has 0 radical (unpaired) electrons. The lowest BCUT2D eigenvalue weighted by Crippen LogP contribution is -2.18. The molecule has 0 heterocycles. The van der Waals surface area contributed by atoms with Crippen LogP contribution in [0.1, 0.15) is 24.8 Å². The van der Waals surface area contributed by atoms with Crippen molar-refractivity contribution in [3.05, 3.63) is 34.9 Å². The third kappa shape index (κ3) is 3.77. The lowest BCUT2D eigenvalue weighted by Gasteiger charge is -2.26. The average molecular weight is 277 g/mol. The van der Waals surface area contributed by atoms with Crippen LogP contribution in [0, 0.1) is 0 Å². The Labute approximate surface area is 110 Å². The van der Waals surface area contributed by atoms with Crippen LogP contribution in [0.2, 0.25) is 11.1 Å². The summed E-state index contributed by atoms with van der Waals surface area (Å²) >= 11 is 12.5. The molecule has 0 amide bonds. The zero-order chi connectivity index (χ0) is 12.0. The van der Waals surface area contributed by atoms with Gasteiger partial charge in [-0.25, -0.2) is 0 Å². The largest absolute Gasteiger partial charge is 0.396 e. The summed E-state index contributed by atoms with van der Waals surface area (Å²) in [6, 6.07) is 8.80. The zero-order valence-electron chi connectivity index (χ0n) is 9.55. The molecular weight excluding hydrogens is 259 g/mol. The molecule has 0 spiro atoms. The van der Waals surface area contributed by atoms with Gasteiger partial charge >= 0.3 is 0 Å². The van der Waals surface area contributed by atoms with Gasteiger partial charge in [0.05, 0.1) is 4.87 Å². The van der Waals surface area contributed by atoms with Crippen LogP contribution in [0.5, 0.6) is 0 Å². The zero-order valence-corrected chi connectivity index (χ0v) is 13.1. The maximum absolute atomic E-state index is 8.79. The monoisotopic (exact) mass is 276 g/mol. The van der Waals surface area contributed by atoms with Crippen molar-refractivity contribution in [1.82, 2.24) is 0 Å². The molecule has 0 bridgehead atoms. The second-order valence-electron chi connectivity index (χ2n) is 4.01. The number of halogens is 2. The molecule has 4 heteroatoms. The smallest absolute Gasteiger partial charge is 0.0663 e. The fourth-order valence-electron chi connectivity index (χ4n) is 1.79. The van der Waals surface area contributed by atoms with Crippen molar-refractivity contribution < 1.29 is 5.11 Å². The highest BCUT2D eigenvalue weighted by molar-refractivity contribution is 6.31. The SMILES string of the molecule is OCCCCC(Cl)(C[SiH3])c1ccc(Cl)cc1. The first-order valence-electron chi connectivity index (χ1n) is 5.68. The van der Waals surface area contributed by atoms with Crippen LogP contribution in [-0.4, -0.2) is 22.0 Å². The Bertz CT molecular complexity index is 315. The van der Waals surface area contributed by atoms with Crippen LogP contribution < -0.4 is 0 Å². The molecule has 1 nitrogen and oxygen atoms in total. The Balaban J connectivity index is 2.74. The van der Waals surface area contributed by atoms with E-state index < -0.39 is 0 Å². The number of hydrogen-bond acceptors (Lipinski definition) is 1. The van der Waals surface area contributed by atoms with Gasteiger partial charge in [0, 0.05) is 21.9 Å². The van der Waals surface area contributed by atoms with E-state index in [0.29, 0.717) is 0 Å². The van der Waals surface area contributed by atoms with Crippen LogP contribution in [0.3, 0.4) is 0 Å². The number of rotatable bonds is 6. The minimum absolute atomic E-state index is 0.245. The van der Waals surface area contributed by atoms with Crippen molar-refractivity contribution in [3.63, 3.8) is 0 Å². The first kappa shape index (κ1) is 14.0. The van der Waals surface area contributed by atoms with Gasteiger partial charge in [-0.2, -0.15) is 0 Å². The Hall–Kier alpha value is -0.0231. The van der Waals surface area contributed by atoms with E-state index in [0.717, 1.165) is 46.1 Å².